The van der Waals surface area contributed by atoms with Gasteiger partial charge in [-0.3, -0.25) is 5.43 Å². The minimum atomic E-state index is 0.424. The molecule has 1 aromatic rings. The molecule has 0 aliphatic carbocycles. The molecule has 4 nitrogen and oxygen atoms in total. The van der Waals surface area contributed by atoms with Gasteiger partial charge in [0.25, 0.3) is 0 Å². The van der Waals surface area contributed by atoms with Crippen molar-refractivity contribution in [2.24, 2.45) is 5.10 Å². The maximum atomic E-state index is 5.98. The monoisotopic (exact) mass is 305 g/mol. The maximum Gasteiger partial charge on any atom is 0.187 e. The topological polar surface area (TPSA) is 45.6 Å². The molecule has 1 aromatic carbocycles. The molecule has 0 aliphatic heterocycles. The van der Waals surface area contributed by atoms with Crippen LogP contribution in [0.25, 0.3) is 0 Å². The molecular weight excluding hydrogens is 293 g/mol. The first-order chi connectivity index (χ1) is 8.63. The van der Waals surface area contributed by atoms with Gasteiger partial charge in [0.15, 0.2) is 5.11 Å². The maximum absolute atomic E-state index is 5.98. The van der Waals surface area contributed by atoms with E-state index in [2.05, 4.69) is 15.8 Å². The van der Waals surface area contributed by atoms with Crippen LogP contribution in [-0.2, 0) is 4.74 Å². The van der Waals surface area contributed by atoms with E-state index in [1.54, 1.807) is 31.5 Å². The fourth-order valence-electron chi connectivity index (χ4n) is 1.07. The fourth-order valence-corrected chi connectivity index (χ4v) is 1.68. The third kappa shape index (κ3) is 5.64. The van der Waals surface area contributed by atoms with Gasteiger partial charge in [-0.25, -0.2) is 0 Å². The van der Waals surface area contributed by atoms with Crippen LogP contribution < -0.4 is 10.7 Å². The van der Waals surface area contributed by atoms with E-state index in [9.17, 15) is 0 Å². The number of halogens is 2. The molecule has 98 valence electrons. The van der Waals surface area contributed by atoms with Crippen LogP contribution in [0.5, 0.6) is 0 Å². The molecule has 7 heteroatoms. The third-order valence-corrected chi connectivity index (χ3v) is 2.72. The average Bonchev–Trinajstić information content (AvgIpc) is 2.32. The van der Waals surface area contributed by atoms with Crippen molar-refractivity contribution < 1.29 is 4.74 Å². The molecule has 0 heterocycles. The van der Waals surface area contributed by atoms with Gasteiger partial charge in [0.2, 0.25) is 0 Å². The zero-order valence-corrected chi connectivity index (χ0v) is 12.1. The summed E-state index contributed by atoms with van der Waals surface area (Å²) in [6, 6.07) is 5.17. The number of benzene rings is 1. The van der Waals surface area contributed by atoms with E-state index >= 15 is 0 Å². The Morgan fingerprint density at radius 3 is 2.94 bits per heavy atom. The molecule has 0 aromatic heterocycles. The first kappa shape index (κ1) is 15.2. The summed E-state index contributed by atoms with van der Waals surface area (Å²) in [6.07, 6.45) is 1.57. The van der Waals surface area contributed by atoms with Gasteiger partial charge in [-0.15, -0.1) is 0 Å². The number of hydrazone groups is 1. The summed E-state index contributed by atoms with van der Waals surface area (Å²) < 4.78 is 4.87. The Labute approximate surface area is 121 Å². The van der Waals surface area contributed by atoms with E-state index in [4.69, 9.17) is 40.2 Å². The first-order valence-electron chi connectivity index (χ1n) is 5.14. The average molecular weight is 306 g/mol. The summed E-state index contributed by atoms with van der Waals surface area (Å²) in [5.41, 5.74) is 3.43. The predicted octanol–water partition coefficient (Wildman–Crippen LogP) is 2.44. The van der Waals surface area contributed by atoms with E-state index in [1.165, 1.54) is 0 Å². The molecule has 2 N–H and O–H groups in total. The van der Waals surface area contributed by atoms with Crippen LogP contribution in [0, 0.1) is 0 Å². The molecule has 0 unspecified atom stereocenters. The van der Waals surface area contributed by atoms with Crippen molar-refractivity contribution in [3.63, 3.8) is 0 Å². The number of ether oxygens (including phenoxy) is 1. The van der Waals surface area contributed by atoms with Gasteiger partial charge in [0.05, 0.1) is 17.8 Å². The van der Waals surface area contributed by atoms with Gasteiger partial charge < -0.3 is 10.1 Å². The Hall–Kier alpha value is -0.880. The summed E-state index contributed by atoms with van der Waals surface area (Å²) in [5, 5.41) is 8.43. The van der Waals surface area contributed by atoms with E-state index in [0.717, 1.165) is 5.56 Å². The van der Waals surface area contributed by atoms with Gasteiger partial charge in [-0.1, -0.05) is 29.3 Å². The normalized spacial score (nSPS) is 10.6. The minimum Gasteiger partial charge on any atom is -0.383 e. The number of thiocarbonyl (C=S) groups is 1. The zero-order chi connectivity index (χ0) is 13.4. The van der Waals surface area contributed by atoms with E-state index in [-0.39, 0.29) is 0 Å². The van der Waals surface area contributed by atoms with Crippen molar-refractivity contribution in [3.05, 3.63) is 33.8 Å². The number of hydrogen-bond donors (Lipinski definition) is 2. The highest BCUT2D eigenvalue weighted by Crippen LogP contribution is 2.19. The molecule has 0 aliphatic rings. The van der Waals surface area contributed by atoms with Crippen molar-refractivity contribution in [1.29, 1.82) is 0 Å². The van der Waals surface area contributed by atoms with Crippen molar-refractivity contribution in [2.75, 3.05) is 20.3 Å². The molecule has 0 bridgehead atoms. The molecule has 0 saturated heterocycles. The zero-order valence-electron chi connectivity index (χ0n) is 9.74. The van der Waals surface area contributed by atoms with Crippen molar-refractivity contribution in [1.82, 2.24) is 10.7 Å². The van der Waals surface area contributed by atoms with Crippen LogP contribution in [0.15, 0.2) is 23.3 Å². The molecule has 0 saturated carbocycles. The summed E-state index contributed by atoms with van der Waals surface area (Å²) in [4.78, 5) is 0. The summed E-state index contributed by atoms with van der Waals surface area (Å²) in [7, 11) is 1.62. The Morgan fingerprint density at radius 2 is 2.28 bits per heavy atom. The van der Waals surface area contributed by atoms with E-state index in [0.29, 0.717) is 28.3 Å². The van der Waals surface area contributed by atoms with Crippen molar-refractivity contribution >= 4 is 46.7 Å². The van der Waals surface area contributed by atoms with Crippen LogP contribution in [0.2, 0.25) is 10.0 Å². The summed E-state index contributed by atoms with van der Waals surface area (Å²) >= 11 is 16.8. The van der Waals surface area contributed by atoms with E-state index in [1.807, 2.05) is 0 Å². The van der Waals surface area contributed by atoms with Crippen LogP contribution in [-0.4, -0.2) is 31.6 Å². The van der Waals surface area contributed by atoms with Crippen molar-refractivity contribution in [3.8, 4) is 0 Å². The number of nitrogens with zero attached hydrogens (tertiary/aromatic N) is 1. The smallest absolute Gasteiger partial charge is 0.187 e. The second kappa shape index (κ2) is 8.26. The lowest BCUT2D eigenvalue weighted by atomic mass is 10.2. The highest BCUT2D eigenvalue weighted by molar-refractivity contribution is 7.80. The Morgan fingerprint density at radius 1 is 1.50 bits per heavy atom. The van der Waals surface area contributed by atoms with Crippen LogP contribution in [0.1, 0.15) is 5.56 Å². The highest BCUT2D eigenvalue weighted by Gasteiger charge is 1.98. The molecule has 0 atom stereocenters. The lowest BCUT2D eigenvalue weighted by Crippen LogP contribution is -2.34. The summed E-state index contributed by atoms with van der Waals surface area (Å²) in [6.45, 7) is 1.20. The second-order valence-electron chi connectivity index (χ2n) is 3.28. The second-order valence-corrected chi connectivity index (χ2v) is 4.54. The van der Waals surface area contributed by atoms with Gasteiger partial charge in [-0.05, 0) is 24.4 Å². The quantitative estimate of drug-likeness (QED) is 0.380. The standard InChI is InChI=1S/C11H13Cl2N3OS/c1-17-5-4-14-11(18)16-15-7-8-2-3-9(12)6-10(8)13/h2-3,6-7H,4-5H2,1H3,(H2,14,16,18)/b15-7+. The number of methoxy groups -OCH3 is 1. The minimum absolute atomic E-state index is 0.424. The molecule has 18 heavy (non-hydrogen) atoms. The Kier molecular flexibility index (Phi) is 6.97. The third-order valence-electron chi connectivity index (χ3n) is 1.92. The molecule has 0 radical (unpaired) electrons. The first-order valence-corrected chi connectivity index (χ1v) is 6.31. The SMILES string of the molecule is COCCNC(=S)N/N=C/c1ccc(Cl)cc1Cl. The molecule has 0 spiro atoms. The Balaban J connectivity index is 2.42. The highest BCUT2D eigenvalue weighted by atomic mass is 35.5. The lowest BCUT2D eigenvalue weighted by Gasteiger charge is -2.05. The van der Waals surface area contributed by atoms with Crippen LogP contribution >= 0.6 is 35.4 Å². The molecular formula is C11H13Cl2N3OS. The largest absolute Gasteiger partial charge is 0.383 e. The van der Waals surface area contributed by atoms with Crippen molar-refractivity contribution in [2.45, 2.75) is 0 Å². The number of rotatable bonds is 5. The Bertz CT molecular complexity index is 440. The lowest BCUT2D eigenvalue weighted by molar-refractivity contribution is 0.204. The number of nitrogens with one attached hydrogen (secondary N) is 2. The predicted molar refractivity (Wildman–Crippen MR) is 79.7 cm³/mol. The molecule has 0 fully saturated rings. The van der Waals surface area contributed by atoms with E-state index < -0.39 is 0 Å². The van der Waals surface area contributed by atoms with Crippen LogP contribution in [0.3, 0.4) is 0 Å². The van der Waals surface area contributed by atoms with Gasteiger partial charge >= 0.3 is 0 Å². The summed E-state index contributed by atoms with van der Waals surface area (Å²) in [5.74, 6) is 0. The van der Waals surface area contributed by atoms with Gasteiger partial charge in [-0.2, -0.15) is 5.10 Å². The molecule has 0 amide bonds. The van der Waals surface area contributed by atoms with Gasteiger partial charge in [0.1, 0.15) is 0 Å². The van der Waals surface area contributed by atoms with Crippen LogP contribution in [0.4, 0.5) is 0 Å². The number of hydrogen-bond acceptors (Lipinski definition) is 3. The fraction of sp³-hybridized carbons (Fsp3) is 0.273. The van der Waals surface area contributed by atoms with Gasteiger partial charge in [0, 0.05) is 24.2 Å². The molecule has 1 rings (SSSR count).